The minimum Gasteiger partial charge on any atom is -0.478 e. The van der Waals surface area contributed by atoms with Gasteiger partial charge in [0.05, 0.1) is 0 Å². The fourth-order valence-electron chi connectivity index (χ4n) is 2.28. The lowest BCUT2D eigenvalue weighted by molar-refractivity contribution is -0.131. The van der Waals surface area contributed by atoms with E-state index in [2.05, 4.69) is 0 Å². The molecule has 0 saturated heterocycles. The number of hydrogen-bond acceptors (Lipinski definition) is 2. The molecule has 1 N–H and O–H groups in total. The first-order valence-corrected chi connectivity index (χ1v) is 7.51. The number of aliphatic carboxylic acids is 1. The van der Waals surface area contributed by atoms with Crippen molar-refractivity contribution in [3.8, 4) is 0 Å². The number of benzene rings is 1. The van der Waals surface area contributed by atoms with Gasteiger partial charge < -0.3 is 5.11 Å². The van der Waals surface area contributed by atoms with E-state index in [4.69, 9.17) is 5.11 Å². The maximum atomic E-state index is 13.2. The van der Waals surface area contributed by atoms with Gasteiger partial charge in [0.15, 0.2) is 0 Å². The van der Waals surface area contributed by atoms with Crippen LogP contribution in [0.2, 0.25) is 0 Å². The van der Waals surface area contributed by atoms with Crippen molar-refractivity contribution < 1.29 is 14.3 Å². The Labute approximate surface area is 116 Å². The lowest BCUT2D eigenvalue weighted by atomic mass is 10.1. The van der Waals surface area contributed by atoms with Crippen LogP contribution in [0.25, 0.3) is 6.08 Å². The minimum absolute atomic E-state index is 0.334. The van der Waals surface area contributed by atoms with Crippen molar-refractivity contribution >= 4 is 23.8 Å². The molecular formula is C15H17FO2S. The zero-order valence-corrected chi connectivity index (χ0v) is 11.5. The smallest absolute Gasteiger partial charge is 0.328 e. The summed E-state index contributed by atoms with van der Waals surface area (Å²) in [5, 5.41) is 9.35. The third kappa shape index (κ3) is 4.39. The Bertz CT molecular complexity index is 479. The van der Waals surface area contributed by atoms with E-state index in [1.54, 1.807) is 6.07 Å². The van der Waals surface area contributed by atoms with E-state index in [-0.39, 0.29) is 5.82 Å². The van der Waals surface area contributed by atoms with E-state index in [1.165, 1.54) is 43.9 Å². The Morgan fingerprint density at radius 1 is 1.42 bits per heavy atom. The number of rotatable bonds is 5. The molecule has 0 heterocycles. The van der Waals surface area contributed by atoms with Crippen LogP contribution in [0.15, 0.2) is 24.3 Å². The molecule has 0 atom stereocenters. The Hall–Kier alpha value is -1.29. The first-order chi connectivity index (χ1) is 9.15. The van der Waals surface area contributed by atoms with Gasteiger partial charge >= 0.3 is 5.97 Å². The summed E-state index contributed by atoms with van der Waals surface area (Å²) < 4.78 is 13.2. The van der Waals surface area contributed by atoms with Crippen molar-refractivity contribution in [3.63, 3.8) is 0 Å². The molecule has 0 unspecified atom stereocenters. The molecule has 0 aromatic heterocycles. The summed E-state index contributed by atoms with van der Waals surface area (Å²) in [4.78, 5) is 10.6. The monoisotopic (exact) mass is 280 g/mol. The fraction of sp³-hybridized carbons (Fsp3) is 0.400. The fourth-order valence-corrected chi connectivity index (χ4v) is 3.62. The first kappa shape index (κ1) is 14.1. The van der Waals surface area contributed by atoms with Crippen LogP contribution in [0.5, 0.6) is 0 Å². The second kappa shape index (κ2) is 6.75. The third-order valence-corrected chi connectivity index (χ3v) is 4.71. The molecule has 1 aliphatic carbocycles. The normalized spacial score (nSPS) is 16.3. The van der Waals surface area contributed by atoms with Crippen LogP contribution < -0.4 is 0 Å². The van der Waals surface area contributed by atoms with Gasteiger partial charge in [-0.1, -0.05) is 18.9 Å². The van der Waals surface area contributed by atoms with Crippen molar-refractivity contribution in [3.05, 3.63) is 41.2 Å². The lowest BCUT2D eigenvalue weighted by Gasteiger charge is -2.10. The molecule has 1 saturated carbocycles. The molecule has 2 rings (SSSR count). The second-order valence-corrected chi connectivity index (χ2v) is 6.02. The molecule has 1 aromatic rings. The summed E-state index contributed by atoms with van der Waals surface area (Å²) in [6, 6.07) is 4.57. The van der Waals surface area contributed by atoms with Crippen LogP contribution in [0.1, 0.15) is 36.8 Å². The summed E-state index contributed by atoms with van der Waals surface area (Å²) >= 11 is 1.89. The maximum absolute atomic E-state index is 13.2. The molecule has 1 fully saturated rings. The topological polar surface area (TPSA) is 37.3 Å². The van der Waals surface area contributed by atoms with Crippen molar-refractivity contribution in [2.75, 3.05) is 0 Å². The van der Waals surface area contributed by atoms with Crippen LogP contribution in [-0.2, 0) is 10.5 Å². The molecule has 0 amide bonds. The second-order valence-electron chi connectivity index (χ2n) is 4.73. The Morgan fingerprint density at radius 3 is 2.84 bits per heavy atom. The zero-order chi connectivity index (χ0) is 13.7. The molecule has 19 heavy (non-hydrogen) atoms. The average molecular weight is 280 g/mol. The standard InChI is InChI=1S/C15H17FO2S/c16-13-7-5-12(10-19-14-3-1-2-4-14)11(9-13)6-8-15(17)18/h5-9,14H,1-4,10H2,(H,17,18). The number of carbonyl (C=O) groups is 1. The number of carboxylic acid groups (broad SMARTS) is 1. The molecule has 2 nitrogen and oxygen atoms in total. The molecule has 4 heteroatoms. The summed E-state index contributed by atoms with van der Waals surface area (Å²) in [6.07, 6.45) is 7.63. The molecule has 0 spiro atoms. The van der Waals surface area contributed by atoms with Gasteiger partial charge in [0.25, 0.3) is 0 Å². The van der Waals surface area contributed by atoms with Gasteiger partial charge in [-0.15, -0.1) is 0 Å². The molecule has 102 valence electrons. The van der Waals surface area contributed by atoms with Gasteiger partial charge in [0, 0.05) is 17.1 Å². The molecule has 0 bridgehead atoms. The molecule has 1 aromatic carbocycles. The highest BCUT2D eigenvalue weighted by Gasteiger charge is 2.15. The summed E-state index contributed by atoms with van der Waals surface area (Å²) in [5.74, 6) is -0.539. The van der Waals surface area contributed by atoms with Gasteiger partial charge in [-0.05, 0) is 42.2 Å². The zero-order valence-electron chi connectivity index (χ0n) is 10.6. The number of carboxylic acids is 1. The Kier molecular flexibility index (Phi) is 5.02. The van der Waals surface area contributed by atoms with E-state index in [9.17, 15) is 9.18 Å². The van der Waals surface area contributed by atoms with E-state index >= 15 is 0 Å². The quantitative estimate of drug-likeness (QED) is 0.825. The summed E-state index contributed by atoms with van der Waals surface area (Å²) in [5.41, 5.74) is 1.66. The van der Waals surface area contributed by atoms with Crippen molar-refractivity contribution in [1.29, 1.82) is 0 Å². The van der Waals surface area contributed by atoms with E-state index < -0.39 is 5.97 Å². The predicted octanol–water partition coefficient (Wildman–Crippen LogP) is 4.10. The van der Waals surface area contributed by atoms with E-state index in [1.807, 2.05) is 11.8 Å². The van der Waals surface area contributed by atoms with Gasteiger partial charge in [-0.25, -0.2) is 9.18 Å². The molecule has 0 radical (unpaired) electrons. The average Bonchev–Trinajstić information content (AvgIpc) is 2.88. The minimum atomic E-state index is -1.02. The lowest BCUT2D eigenvalue weighted by Crippen LogP contribution is -1.97. The predicted molar refractivity (Wildman–Crippen MR) is 76.6 cm³/mol. The maximum Gasteiger partial charge on any atom is 0.328 e. The van der Waals surface area contributed by atoms with Crippen LogP contribution in [0, 0.1) is 5.82 Å². The largest absolute Gasteiger partial charge is 0.478 e. The summed E-state index contributed by atoms with van der Waals surface area (Å²) in [7, 11) is 0. The van der Waals surface area contributed by atoms with Gasteiger partial charge in [0.2, 0.25) is 0 Å². The van der Waals surface area contributed by atoms with Crippen LogP contribution in [0.3, 0.4) is 0 Å². The van der Waals surface area contributed by atoms with Crippen LogP contribution in [0.4, 0.5) is 4.39 Å². The van der Waals surface area contributed by atoms with Crippen LogP contribution >= 0.6 is 11.8 Å². The Morgan fingerprint density at radius 2 is 2.16 bits per heavy atom. The molecular weight excluding hydrogens is 263 g/mol. The van der Waals surface area contributed by atoms with Gasteiger partial charge in [-0.3, -0.25) is 0 Å². The number of thioether (sulfide) groups is 1. The molecule has 1 aliphatic rings. The number of halogens is 1. The van der Waals surface area contributed by atoms with Gasteiger partial charge in [0.1, 0.15) is 5.82 Å². The van der Waals surface area contributed by atoms with Crippen LogP contribution in [-0.4, -0.2) is 16.3 Å². The van der Waals surface area contributed by atoms with E-state index in [0.717, 1.165) is 17.4 Å². The van der Waals surface area contributed by atoms with Crippen molar-refractivity contribution in [1.82, 2.24) is 0 Å². The van der Waals surface area contributed by atoms with E-state index in [0.29, 0.717) is 10.8 Å². The third-order valence-electron chi connectivity index (χ3n) is 3.29. The number of hydrogen-bond donors (Lipinski definition) is 1. The van der Waals surface area contributed by atoms with Crippen molar-refractivity contribution in [2.24, 2.45) is 0 Å². The highest BCUT2D eigenvalue weighted by Crippen LogP contribution is 2.32. The Balaban J connectivity index is 2.07. The summed E-state index contributed by atoms with van der Waals surface area (Å²) in [6.45, 7) is 0. The SMILES string of the molecule is O=C(O)C=Cc1cc(F)ccc1CSC1CCCC1. The first-order valence-electron chi connectivity index (χ1n) is 6.46. The highest BCUT2D eigenvalue weighted by molar-refractivity contribution is 7.99. The van der Waals surface area contributed by atoms with Crippen molar-refractivity contribution in [2.45, 2.75) is 36.7 Å². The molecule has 0 aliphatic heterocycles. The van der Waals surface area contributed by atoms with Gasteiger partial charge in [-0.2, -0.15) is 11.8 Å². The highest BCUT2D eigenvalue weighted by atomic mass is 32.2.